The Balaban J connectivity index is 1.56. The van der Waals surface area contributed by atoms with Crippen LogP contribution in [0.2, 0.25) is 0 Å². The van der Waals surface area contributed by atoms with Gasteiger partial charge in [-0.25, -0.2) is 0 Å². The summed E-state index contributed by atoms with van der Waals surface area (Å²) in [6, 6.07) is 7.86. The van der Waals surface area contributed by atoms with E-state index in [1.54, 1.807) is 16.7 Å². The van der Waals surface area contributed by atoms with Gasteiger partial charge >= 0.3 is 0 Å². The van der Waals surface area contributed by atoms with Crippen molar-refractivity contribution in [2.24, 2.45) is 5.73 Å². The fraction of sp³-hybridized carbons (Fsp3) is 0.579. The third-order valence-corrected chi connectivity index (χ3v) is 5.90. The molecule has 3 rings (SSSR count). The van der Waals surface area contributed by atoms with Gasteiger partial charge in [0.25, 0.3) is 0 Å². The molecule has 1 aromatic carbocycles. The van der Waals surface area contributed by atoms with Gasteiger partial charge in [0.2, 0.25) is 11.8 Å². The van der Waals surface area contributed by atoms with E-state index in [9.17, 15) is 9.59 Å². The number of hydrogen-bond donors (Lipinski definition) is 3. The number of nitrogens with one attached hydrogen (secondary N) is 2. The van der Waals surface area contributed by atoms with Gasteiger partial charge in [0.1, 0.15) is 12.1 Å². The van der Waals surface area contributed by atoms with E-state index in [0.717, 1.165) is 19.4 Å². The molecule has 26 heavy (non-hydrogen) atoms. The fourth-order valence-corrected chi connectivity index (χ4v) is 4.22. The number of unbranched alkanes of at least 4 members (excludes halogenated alkanes) is 1. The standard InChI is InChI=1S/C19H28N4O2S/c1-26-15-6-4-5-13(9-15)11-21-14-10-17-18(24)22-16(7-2-3-8-20)19(25)23(17)12-14/h4-6,9,14,16-17,21H,2-3,7-8,10-12,20H2,1H3,(H,22,24)/t14-,16-,17-/m0/s1. The van der Waals surface area contributed by atoms with Gasteiger partial charge in [-0.05, 0) is 56.2 Å². The van der Waals surface area contributed by atoms with Crippen LogP contribution >= 0.6 is 11.8 Å². The van der Waals surface area contributed by atoms with Crippen LogP contribution in [0.1, 0.15) is 31.2 Å². The number of thioether (sulfide) groups is 1. The van der Waals surface area contributed by atoms with Crippen LogP contribution in [0.3, 0.4) is 0 Å². The maximum Gasteiger partial charge on any atom is 0.245 e. The molecule has 2 aliphatic rings. The van der Waals surface area contributed by atoms with Crippen molar-refractivity contribution >= 4 is 23.6 Å². The molecule has 0 saturated carbocycles. The first kappa shape index (κ1) is 19.2. The molecule has 6 nitrogen and oxygen atoms in total. The van der Waals surface area contributed by atoms with Gasteiger partial charge in [-0.15, -0.1) is 11.8 Å². The zero-order chi connectivity index (χ0) is 18.5. The van der Waals surface area contributed by atoms with Crippen molar-refractivity contribution in [3.8, 4) is 0 Å². The highest BCUT2D eigenvalue weighted by Gasteiger charge is 2.45. The van der Waals surface area contributed by atoms with Crippen LogP contribution in [-0.2, 0) is 16.1 Å². The lowest BCUT2D eigenvalue weighted by molar-refractivity contribution is -0.147. The van der Waals surface area contributed by atoms with Crippen LogP contribution in [-0.4, -0.2) is 54.2 Å². The molecule has 7 heteroatoms. The van der Waals surface area contributed by atoms with Crippen molar-refractivity contribution < 1.29 is 9.59 Å². The van der Waals surface area contributed by atoms with E-state index in [2.05, 4.69) is 41.2 Å². The van der Waals surface area contributed by atoms with Crippen molar-refractivity contribution in [3.63, 3.8) is 0 Å². The van der Waals surface area contributed by atoms with Crippen molar-refractivity contribution in [2.75, 3.05) is 19.3 Å². The van der Waals surface area contributed by atoms with Gasteiger partial charge in [0.15, 0.2) is 0 Å². The number of hydrogen-bond acceptors (Lipinski definition) is 5. The molecule has 0 aliphatic carbocycles. The van der Waals surface area contributed by atoms with Crippen LogP contribution in [0.15, 0.2) is 29.2 Å². The fourth-order valence-electron chi connectivity index (χ4n) is 3.74. The Morgan fingerprint density at radius 2 is 2.19 bits per heavy atom. The summed E-state index contributed by atoms with van der Waals surface area (Å²) in [6.45, 7) is 1.97. The second kappa shape index (κ2) is 8.88. The third-order valence-electron chi connectivity index (χ3n) is 5.18. The quantitative estimate of drug-likeness (QED) is 0.467. The number of carbonyl (C=O) groups is 2. The second-order valence-electron chi connectivity index (χ2n) is 7.02. The minimum absolute atomic E-state index is 0.0176. The smallest absolute Gasteiger partial charge is 0.245 e. The van der Waals surface area contributed by atoms with Gasteiger partial charge in [-0.1, -0.05) is 12.1 Å². The summed E-state index contributed by atoms with van der Waals surface area (Å²) in [5, 5.41) is 6.42. The maximum atomic E-state index is 12.7. The van der Waals surface area contributed by atoms with Crippen LogP contribution in [0.25, 0.3) is 0 Å². The molecule has 0 radical (unpaired) electrons. The van der Waals surface area contributed by atoms with Crippen molar-refractivity contribution in [1.82, 2.24) is 15.5 Å². The molecule has 2 aliphatic heterocycles. The van der Waals surface area contributed by atoms with Crippen LogP contribution in [0, 0.1) is 0 Å². The maximum absolute atomic E-state index is 12.7. The molecule has 2 amide bonds. The number of piperazine rings is 1. The SMILES string of the molecule is CSc1cccc(CN[C@H]2C[C@H]3C(=O)N[C@@H](CCCCN)C(=O)N3C2)c1. The van der Waals surface area contributed by atoms with Crippen molar-refractivity contribution in [3.05, 3.63) is 29.8 Å². The monoisotopic (exact) mass is 376 g/mol. The molecule has 2 heterocycles. The number of fused-ring (bicyclic) bond motifs is 1. The molecule has 2 saturated heterocycles. The Kier molecular flexibility index (Phi) is 6.56. The van der Waals surface area contributed by atoms with Gasteiger partial charge in [0, 0.05) is 24.0 Å². The number of carbonyl (C=O) groups excluding carboxylic acids is 2. The number of amides is 2. The Hall–Kier alpha value is -1.57. The third kappa shape index (κ3) is 4.39. The van der Waals surface area contributed by atoms with E-state index >= 15 is 0 Å². The molecule has 0 unspecified atom stereocenters. The van der Waals surface area contributed by atoms with E-state index in [1.807, 2.05) is 0 Å². The second-order valence-corrected chi connectivity index (χ2v) is 7.90. The highest BCUT2D eigenvalue weighted by atomic mass is 32.2. The van der Waals surface area contributed by atoms with Crippen LogP contribution in [0.4, 0.5) is 0 Å². The van der Waals surface area contributed by atoms with Crippen molar-refractivity contribution in [2.45, 2.75) is 55.2 Å². The Bertz CT molecular complexity index is 654. The first-order chi connectivity index (χ1) is 12.6. The van der Waals surface area contributed by atoms with Crippen LogP contribution in [0.5, 0.6) is 0 Å². The van der Waals surface area contributed by atoms with E-state index in [1.165, 1.54) is 10.5 Å². The Morgan fingerprint density at radius 3 is 2.96 bits per heavy atom. The van der Waals surface area contributed by atoms with E-state index in [-0.39, 0.29) is 29.9 Å². The average molecular weight is 377 g/mol. The van der Waals surface area contributed by atoms with E-state index in [0.29, 0.717) is 25.9 Å². The molecule has 0 aromatic heterocycles. The summed E-state index contributed by atoms with van der Waals surface area (Å²) < 4.78 is 0. The zero-order valence-corrected chi connectivity index (χ0v) is 16.1. The number of nitrogens with zero attached hydrogens (tertiary/aromatic N) is 1. The van der Waals surface area contributed by atoms with E-state index in [4.69, 9.17) is 5.73 Å². The van der Waals surface area contributed by atoms with Gasteiger partial charge in [0.05, 0.1) is 0 Å². The highest BCUT2D eigenvalue weighted by molar-refractivity contribution is 7.98. The van der Waals surface area contributed by atoms with Gasteiger partial charge < -0.3 is 21.3 Å². The van der Waals surface area contributed by atoms with Crippen LogP contribution < -0.4 is 16.4 Å². The summed E-state index contributed by atoms with van der Waals surface area (Å²) in [5.41, 5.74) is 6.74. The van der Waals surface area contributed by atoms with Gasteiger partial charge in [-0.2, -0.15) is 0 Å². The minimum atomic E-state index is -0.387. The first-order valence-corrected chi connectivity index (χ1v) is 10.5. The van der Waals surface area contributed by atoms with E-state index < -0.39 is 0 Å². The molecule has 3 atom stereocenters. The summed E-state index contributed by atoms with van der Waals surface area (Å²) in [5.74, 6) is 0.0383. The molecule has 4 N–H and O–H groups in total. The van der Waals surface area contributed by atoms with Crippen molar-refractivity contribution in [1.29, 1.82) is 0 Å². The topological polar surface area (TPSA) is 87.5 Å². The van der Waals surface area contributed by atoms with Gasteiger partial charge in [-0.3, -0.25) is 9.59 Å². The predicted molar refractivity (Wildman–Crippen MR) is 104 cm³/mol. The Morgan fingerprint density at radius 1 is 1.35 bits per heavy atom. The molecular formula is C19H28N4O2S. The molecular weight excluding hydrogens is 348 g/mol. The Labute approximate surface area is 159 Å². The molecule has 0 bridgehead atoms. The summed E-state index contributed by atoms with van der Waals surface area (Å²) in [7, 11) is 0. The molecule has 142 valence electrons. The lowest BCUT2D eigenvalue weighted by Crippen LogP contribution is -2.61. The molecule has 2 fully saturated rings. The number of nitrogens with two attached hydrogens (primary N) is 1. The predicted octanol–water partition coefficient (Wildman–Crippen LogP) is 1.10. The lowest BCUT2D eigenvalue weighted by atomic mass is 10.0. The molecule has 0 spiro atoms. The normalized spacial score (nSPS) is 25.3. The average Bonchev–Trinajstić information content (AvgIpc) is 3.09. The largest absolute Gasteiger partial charge is 0.343 e. The summed E-state index contributed by atoms with van der Waals surface area (Å²) in [6.07, 6.45) is 5.15. The molecule has 1 aromatic rings. The summed E-state index contributed by atoms with van der Waals surface area (Å²) >= 11 is 1.72. The highest BCUT2D eigenvalue weighted by Crippen LogP contribution is 2.24. The summed E-state index contributed by atoms with van der Waals surface area (Å²) in [4.78, 5) is 28.1. The number of benzene rings is 1. The zero-order valence-electron chi connectivity index (χ0n) is 15.2. The number of rotatable bonds is 8. The lowest BCUT2D eigenvalue weighted by Gasteiger charge is -2.34. The first-order valence-electron chi connectivity index (χ1n) is 9.29. The minimum Gasteiger partial charge on any atom is -0.343 e.